The van der Waals surface area contributed by atoms with Gasteiger partial charge in [-0.05, 0) is 56.6 Å². The number of carbonyl (C=O) groups is 2. The molecule has 40 heavy (non-hydrogen) atoms. The number of unbranched alkanes of at least 4 members (excludes halogenated alkanes) is 2. The molecule has 1 aromatic heterocycles. The van der Waals surface area contributed by atoms with Gasteiger partial charge in [0.15, 0.2) is 0 Å². The minimum atomic E-state index is -0.742. The lowest BCUT2D eigenvalue weighted by molar-refractivity contribution is 0.0797. The topological polar surface area (TPSA) is 86.8 Å². The summed E-state index contributed by atoms with van der Waals surface area (Å²) in [5, 5.41) is 3.26. The summed E-state index contributed by atoms with van der Waals surface area (Å²) in [5.41, 5.74) is 3.36. The van der Waals surface area contributed by atoms with Crippen molar-refractivity contribution in [3.05, 3.63) is 46.7 Å². The minimum Gasteiger partial charge on any atom is -0.449 e. The number of fused-ring (bicyclic) bond motifs is 4. The van der Waals surface area contributed by atoms with Crippen LogP contribution in [0.25, 0.3) is 0 Å². The number of allylic oxidation sites excluding steroid dienone is 2. The molecule has 4 unspecified atom stereocenters. The van der Waals surface area contributed by atoms with E-state index in [4.69, 9.17) is 19.2 Å². The molecule has 1 amide bonds. The normalized spacial score (nSPS) is 22.1. The molecule has 0 aromatic carbocycles. The van der Waals surface area contributed by atoms with Crippen LogP contribution in [0.3, 0.4) is 0 Å². The third kappa shape index (κ3) is 7.88. The van der Waals surface area contributed by atoms with E-state index in [1.54, 1.807) is 6.07 Å². The smallest absolute Gasteiger partial charge is 0.449 e. The van der Waals surface area contributed by atoms with Gasteiger partial charge in [-0.1, -0.05) is 83.9 Å². The van der Waals surface area contributed by atoms with Crippen LogP contribution in [0.1, 0.15) is 111 Å². The van der Waals surface area contributed by atoms with Gasteiger partial charge >= 0.3 is 12.2 Å². The van der Waals surface area contributed by atoms with Crippen LogP contribution in [-0.2, 0) is 21.4 Å². The van der Waals surface area contributed by atoms with Crippen LogP contribution >= 0.6 is 0 Å². The highest BCUT2D eigenvalue weighted by atomic mass is 16.7. The van der Waals surface area contributed by atoms with Crippen LogP contribution in [-0.4, -0.2) is 30.4 Å². The highest BCUT2D eigenvalue weighted by Crippen LogP contribution is 2.50. The van der Waals surface area contributed by atoms with Gasteiger partial charge in [0.1, 0.15) is 0 Å². The van der Waals surface area contributed by atoms with Crippen LogP contribution in [0.5, 0.6) is 5.88 Å². The zero-order valence-electron chi connectivity index (χ0n) is 25.5. The highest BCUT2D eigenvalue weighted by molar-refractivity contribution is 5.71. The predicted octanol–water partition coefficient (Wildman–Crippen LogP) is 8.42. The van der Waals surface area contributed by atoms with Crippen LogP contribution in [0.2, 0.25) is 0 Å². The van der Waals surface area contributed by atoms with Crippen molar-refractivity contribution < 1.29 is 23.8 Å². The Morgan fingerprint density at radius 3 is 2.30 bits per heavy atom. The standard InChI is InChI=1S/C33H50N2O5/c1-7-12-14-24(9-3)21-38-31(36)35-33-20-23(6)18-26(27(33)11-5)19-29-28(33)16-17-30(34-29)40-32(37)39-22-25(10-4)15-13-8-2/h11,16-18,24-26H,7-10,12-15,19-22H2,1-6H3,(H,35,36). The van der Waals surface area contributed by atoms with Gasteiger partial charge in [-0.25, -0.2) is 14.6 Å². The molecule has 2 aliphatic rings. The van der Waals surface area contributed by atoms with Gasteiger partial charge in [0.25, 0.3) is 0 Å². The van der Waals surface area contributed by atoms with E-state index in [0.717, 1.165) is 68.2 Å². The lowest BCUT2D eigenvalue weighted by Gasteiger charge is -2.47. The molecule has 2 aliphatic carbocycles. The number of amides is 1. The van der Waals surface area contributed by atoms with Crippen molar-refractivity contribution in [1.29, 1.82) is 0 Å². The summed E-state index contributed by atoms with van der Waals surface area (Å²) >= 11 is 0. The molecule has 3 rings (SSSR count). The summed E-state index contributed by atoms with van der Waals surface area (Å²) < 4.78 is 16.7. The van der Waals surface area contributed by atoms with Crippen LogP contribution in [0, 0.1) is 17.8 Å². The summed E-state index contributed by atoms with van der Waals surface area (Å²) in [5.74, 6) is 1.01. The molecule has 0 saturated heterocycles. The number of nitrogens with one attached hydrogen (secondary N) is 1. The van der Waals surface area contributed by atoms with Crippen molar-refractivity contribution >= 4 is 12.2 Å². The zero-order valence-corrected chi connectivity index (χ0v) is 25.5. The fraction of sp³-hybridized carbons (Fsp3) is 0.667. The third-order valence-electron chi connectivity index (χ3n) is 8.53. The van der Waals surface area contributed by atoms with Gasteiger partial charge in [-0.3, -0.25) is 0 Å². The SMILES string of the molecule is CC=C1C2C=C(C)CC1(NC(=O)OCC(CC)CCCC)c1ccc(OC(=O)OCC(CC)CCCC)nc1C2. The first-order chi connectivity index (χ1) is 19.3. The van der Waals surface area contributed by atoms with Gasteiger partial charge in [0.05, 0.1) is 24.4 Å². The van der Waals surface area contributed by atoms with E-state index >= 15 is 0 Å². The highest BCUT2D eigenvalue weighted by Gasteiger charge is 2.48. The first kappa shape index (κ1) is 31.7. The fourth-order valence-electron chi connectivity index (χ4n) is 6.18. The average Bonchev–Trinajstić information content (AvgIpc) is 2.92. The predicted molar refractivity (Wildman–Crippen MR) is 158 cm³/mol. The Bertz CT molecular complexity index is 1060. The molecule has 1 N–H and O–H groups in total. The molecule has 0 spiro atoms. The summed E-state index contributed by atoms with van der Waals surface area (Å²) in [7, 11) is 0. The van der Waals surface area contributed by atoms with Crippen molar-refractivity contribution in [3.8, 4) is 5.88 Å². The first-order valence-corrected chi connectivity index (χ1v) is 15.4. The number of hydrogen-bond donors (Lipinski definition) is 1. The Kier molecular flexibility index (Phi) is 12.1. The number of pyridine rings is 1. The number of rotatable bonds is 14. The Morgan fingerprint density at radius 1 is 1.05 bits per heavy atom. The number of alkyl carbamates (subject to hydrolysis) is 1. The Labute approximate surface area is 241 Å². The van der Waals surface area contributed by atoms with E-state index in [1.807, 2.05) is 13.0 Å². The summed E-state index contributed by atoms with van der Waals surface area (Å²) in [6.45, 7) is 13.5. The van der Waals surface area contributed by atoms with E-state index in [0.29, 0.717) is 37.9 Å². The van der Waals surface area contributed by atoms with E-state index < -0.39 is 17.8 Å². The summed E-state index contributed by atoms with van der Waals surface area (Å²) in [6, 6.07) is 3.62. The maximum atomic E-state index is 13.2. The van der Waals surface area contributed by atoms with E-state index in [2.05, 4.69) is 52.1 Å². The van der Waals surface area contributed by atoms with E-state index in [1.165, 1.54) is 5.57 Å². The van der Waals surface area contributed by atoms with Crippen LogP contribution in [0.4, 0.5) is 9.59 Å². The summed E-state index contributed by atoms with van der Waals surface area (Å²) in [6.07, 6.45) is 13.1. The first-order valence-electron chi connectivity index (χ1n) is 15.4. The number of ether oxygens (including phenoxy) is 3. The quantitative estimate of drug-likeness (QED) is 0.183. The second-order valence-corrected chi connectivity index (χ2v) is 11.5. The lowest BCUT2D eigenvalue weighted by atomic mass is 9.63. The lowest BCUT2D eigenvalue weighted by Crippen LogP contribution is -2.53. The molecule has 7 heteroatoms. The van der Waals surface area contributed by atoms with Crippen LogP contribution in [0.15, 0.2) is 35.4 Å². The van der Waals surface area contributed by atoms with Gasteiger partial charge in [-0.2, -0.15) is 0 Å². The molecule has 7 nitrogen and oxygen atoms in total. The fourth-order valence-corrected chi connectivity index (χ4v) is 6.18. The minimum absolute atomic E-state index is 0.0954. The Balaban J connectivity index is 1.77. The van der Waals surface area contributed by atoms with E-state index in [-0.39, 0.29) is 11.8 Å². The molecular weight excluding hydrogens is 504 g/mol. The number of carbonyl (C=O) groups excluding carboxylic acids is 2. The number of hydrogen-bond acceptors (Lipinski definition) is 6. The Hall–Kier alpha value is -2.83. The Morgan fingerprint density at radius 2 is 1.70 bits per heavy atom. The third-order valence-corrected chi connectivity index (χ3v) is 8.53. The maximum Gasteiger partial charge on any atom is 0.515 e. The zero-order chi connectivity index (χ0) is 29.1. The largest absolute Gasteiger partial charge is 0.515 e. The van der Waals surface area contributed by atoms with Crippen molar-refractivity contribution in [1.82, 2.24) is 10.3 Å². The molecule has 0 radical (unpaired) electrons. The van der Waals surface area contributed by atoms with Gasteiger partial charge in [0.2, 0.25) is 5.88 Å². The van der Waals surface area contributed by atoms with Crippen LogP contribution < -0.4 is 10.1 Å². The molecule has 0 aliphatic heterocycles. The maximum absolute atomic E-state index is 13.2. The molecule has 0 fully saturated rings. The van der Waals surface area contributed by atoms with Crippen molar-refractivity contribution in [2.45, 2.75) is 111 Å². The van der Waals surface area contributed by atoms with E-state index in [9.17, 15) is 9.59 Å². The molecular formula is C33H50N2O5. The molecule has 222 valence electrons. The molecule has 4 atom stereocenters. The van der Waals surface area contributed by atoms with Gasteiger partial charge < -0.3 is 19.5 Å². The second kappa shape index (κ2) is 15.2. The molecule has 1 heterocycles. The second-order valence-electron chi connectivity index (χ2n) is 11.5. The van der Waals surface area contributed by atoms with Crippen molar-refractivity contribution in [3.63, 3.8) is 0 Å². The molecule has 0 saturated carbocycles. The average molecular weight is 555 g/mol. The molecule has 1 aromatic rings. The van der Waals surface area contributed by atoms with Crippen molar-refractivity contribution in [2.24, 2.45) is 17.8 Å². The number of aromatic nitrogens is 1. The van der Waals surface area contributed by atoms with Gasteiger partial charge in [-0.15, -0.1) is 0 Å². The van der Waals surface area contributed by atoms with Gasteiger partial charge in [0, 0.05) is 24.0 Å². The van der Waals surface area contributed by atoms with Crippen molar-refractivity contribution in [2.75, 3.05) is 13.2 Å². The number of nitrogens with zero attached hydrogens (tertiary/aromatic N) is 1. The monoisotopic (exact) mass is 554 g/mol. The summed E-state index contributed by atoms with van der Waals surface area (Å²) in [4.78, 5) is 30.4. The molecule has 2 bridgehead atoms.